The maximum absolute atomic E-state index is 12.9. The number of likely N-dealkylation sites (N-methyl/N-ethyl adjacent to an activating group) is 2. The summed E-state index contributed by atoms with van der Waals surface area (Å²) >= 11 is 0. The molecule has 1 N–H and O–H groups in total. The number of piperidine rings is 1. The van der Waals surface area contributed by atoms with E-state index in [0.717, 1.165) is 17.7 Å². The topological polar surface area (TPSA) is 69.7 Å². The predicted molar refractivity (Wildman–Crippen MR) is 99.0 cm³/mol. The van der Waals surface area contributed by atoms with E-state index in [1.54, 1.807) is 18.0 Å². The Balaban J connectivity index is 2.02. The van der Waals surface area contributed by atoms with E-state index < -0.39 is 10.0 Å². The van der Waals surface area contributed by atoms with Gasteiger partial charge in [0.25, 0.3) is 0 Å². The van der Waals surface area contributed by atoms with Crippen molar-refractivity contribution in [1.82, 2.24) is 14.5 Å². The minimum absolute atomic E-state index is 0.0904. The quantitative estimate of drug-likeness (QED) is 0.825. The van der Waals surface area contributed by atoms with E-state index in [4.69, 9.17) is 0 Å². The number of carbonyl (C=O) groups is 1. The zero-order valence-electron chi connectivity index (χ0n) is 15.6. The second-order valence-corrected chi connectivity index (χ2v) is 8.72. The molecule has 140 valence electrons. The summed E-state index contributed by atoms with van der Waals surface area (Å²) in [7, 11) is 0.165. The van der Waals surface area contributed by atoms with Crippen molar-refractivity contribution in [2.45, 2.75) is 31.6 Å². The van der Waals surface area contributed by atoms with E-state index in [1.807, 2.05) is 33.0 Å². The molecule has 1 aromatic rings. The SMILES string of the molecule is CNCCN(C)C(=O)C1CCN(S(=O)(=O)c2ccc(C)cc2C)CC1. The molecular weight excluding hydrogens is 338 g/mol. The molecule has 1 heterocycles. The van der Waals surface area contributed by atoms with Crippen molar-refractivity contribution in [3.8, 4) is 0 Å². The molecule has 1 aliphatic heterocycles. The first-order valence-electron chi connectivity index (χ1n) is 8.74. The summed E-state index contributed by atoms with van der Waals surface area (Å²) < 4.78 is 27.3. The number of aryl methyl sites for hydroxylation is 2. The van der Waals surface area contributed by atoms with E-state index >= 15 is 0 Å². The summed E-state index contributed by atoms with van der Waals surface area (Å²) in [4.78, 5) is 14.6. The highest BCUT2D eigenvalue weighted by atomic mass is 32.2. The van der Waals surface area contributed by atoms with Crippen LogP contribution >= 0.6 is 0 Å². The number of nitrogens with zero attached hydrogens (tertiary/aromatic N) is 2. The Morgan fingerprint density at radius 2 is 1.92 bits per heavy atom. The number of sulfonamides is 1. The summed E-state index contributed by atoms with van der Waals surface area (Å²) in [6.45, 7) is 5.98. The molecule has 0 saturated carbocycles. The van der Waals surface area contributed by atoms with Crippen LogP contribution in [0, 0.1) is 19.8 Å². The van der Waals surface area contributed by atoms with E-state index in [9.17, 15) is 13.2 Å². The molecule has 0 spiro atoms. The Bertz CT molecular complexity index is 710. The van der Waals surface area contributed by atoms with Gasteiger partial charge < -0.3 is 10.2 Å². The molecule has 0 aromatic heterocycles. The minimum Gasteiger partial charge on any atom is -0.344 e. The molecule has 1 fully saturated rings. The first kappa shape index (κ1) is 19.9. The third-order valence-corrected chi connectivity index (χ3v) is 6.88. The zero-order valence-corrected chi connectivity index (χ0v) is 16.4. The fraction of sp³-hybridized carbons (Fsp3) is 0.611. The number of hydrogen-bond donors (Lipinski definition) is 1. The molecule has 0 bridgehead atoms. The molecule has 1 aliphatic rings. The first-order valence-corrected chi connectivity index (χ1v) is 10.2. The van der Waals surface area contributed by atoms with Gasteiger partial charge in [-0.15, -0.1) is 0 Å². The average Bonchev–Trinajstić information content (AvgIpc) is 2.58. The third kappa shape index (κ3) is 4.59. The highest BCUT2D eigenvalue weighted by molar-refractivity contribution is 7.89. The fourth-order valence-corrected chi connectivity index (χ4v) is 4.95. The monoisotopic (exact) mass is 367 g/mol. The van der Waals surface area contributed by atoms with E-state index in [2.05, 4.69) is 5.32 Å². The third-order valence-electron chi connectivity index (χ3n) is 4.82. The lowest BCUT2D eigenvalue weighted by Crippen LogP contribution is -2.44. The number of carbonyl (C=O) groups excluding carboxylic acids is 1. The highest BCUT2D eigenvalue weighted by Crippen LogP contribution is 2.26. The van der Waals surface area contributed by atoms with Gasteiger partial charge in [0.15, 0.2) is 0 Å². The van der Waals surface area contributed by atoms with Crippen LogP contribution < -0.4 is 5.32 Å². The van der Waals surface area contributed by atoms with Crippen LogP contribution in [0.15, 0.2) is 23.1 Å². The molecule has 25 heavy (non-hydrogen) atoms. The van der Waals surface area contributed by atoms with Crippen molar-refractivity contribution < 1.29 is 13.2 Å². The van der Waals surface area contributed by atoms with Crippen molar-refractivity contribution in [1.29, 1.82) is 0 Å². The molecule has 1 saturated heterocycles. The molecule has 0 aliphatic carbocycles. The van der Waals surface area contributed by atoms with Crippen LogP contribution in [0.25, 0.3) is 0 Å². The average molecular weight is 368 g/mol. The lowest BCUT2D eigenvalue weighted by Gasteiger charge is -2.32. The van der Waals surface area contributed by atoms with Gasteiger partial charge in [0.1, 0.15) is 0 Å². The molecule has 0 radical (unpaired) electrons. The van der Waals surface area contributed by atoms with Gasteiger partial charge in [-0.25, -0.2) is 8.42 Å². The van der Waals surface area contributed by atoms with Gasteiger partial charge in [-0.2, -0.15) is 4.31 Å². The molecule has 0 unspecified atom stereocenters. The molecule has 1 aromatic carbocycles. The summed E-state index contributed by atoms with van der Waals surface area (Å²) in [6, 6.07) is 5.40. The zero-order chi connectivity index (χ0) is 18.6. The Labute approximate surface area is 151 Å². The maximum atomic E-state index is 12.9. The van der Waals surface area contributed by atoms with Crippen LogP contribution in [-0.4, -0.2) is 63.8 Å². The Morgan fingerprint density at radius 1 is 1.28 bits per heavy atom. The lowest BCUT2D eigenvalue weighted by atomic mass is 9.97. The highest BCUT2D eigenvalue weighted by Gasteiger charge is 2.33. The van der Waals surface area contributed by atoms with Gasteiger partial charge in [-0.3, -0.25) is 4.79 Å². The van der Waals surface area contributed by atoms with Crippen molar-refractivity contribution in [3.05, 3.63) is 29.3 Å². The van der Waals surface area contributed by atoms with Gasteiger partial charge in [0, 0.05) is 39.1 Å². The molecule has 2 rings (SSSR count). The summed E-state index contributed by atoms with van der Waals surface area (Å²) in [5.41, 5.74) is 1.82. The van der Waals surface area contributed by atoms with Crippen molar-refractivity contribution >= 4 is 15.9 Å². The lowest BCUT2D eigenvalue weighted by molar-refractivity contribution is -0.135. The molecule has 6 nitrogen and oxygen atoms in total. The van der Waals surface area contributed by atoms with Crippen LogP contribution in [0.2, 0.25) is 0 Å². The van der Waals surface area contributed by atoms with Gasteiger partial charge in [-0.05, 0) is 45.4 Å². The predicted octanol–water partition coefficient (Wildman–Crippen LogP) is 1.38. The van der Waals surface area contributed by atoms with Gasteiger partial charge in [0.2, 0.25) is 15.9 Å². The summed E-state index contributed by atoms with van der Waals surface area (Å²) in [5, 5.41) is 3.03. The largest absolute Gasteiger partial charge is 0.344 e. The van der Waals surface area contributed by atoms with E-state index in [-0.39, 0.29) is 11.8 Å². The number of rotatable bonds is 6. The van der Waals surface area contributed by atoms with Gasteiger partial charge in [-0.1, -0.05) is 17.7 Å². The van der Waals surface area contributed by atoms with Crippen molar-refractivity contribution in [2.75, 3.05) is 40.3 Å². The van der Waals surface area contributed by atoms with Gasteiger partial charge in [0.05, 0.1) is 4.90 Å². The number of hydrogen-bond acceptors (Lipinski definition) is 4. The van der Waals surface area contributed by atoms with Crippen molar-refractivity contribution in [2.24, 2.45) is 5.92 Å². The second kappa shape index (κ2) is 8.29. The Morgan fingerprint density at radius 3 is 2.48 bits per heavy atom. The smallest absolute Gasteiger partial charge is 0.243 e. The summed E-state index contributed by atoms with van der Waals surface area (Å²) in [6.07, 6.45) is 1.15. The Hall–Kier alpha value is -1.44. The maximum Gasteiger partial charge on any atom is 0.243 e. The molecule has 1 amide bonds. The molecule has 0 atom stereocenters. The Kier molecular flexibility index (Phi) is 6.59. The van der Waals surface area contributed by atoms with Crippen LogP contribution in [0.4, 0.5) is 0 Å². The standard InChI is InChI=1S/C18H29N3O3S/c1-14-5-6-17(15(2)13-14)25(23,24)21-10-7-16(8-11-21)18(22)20(4)12-9-19-3/h5-6,13,16,19H,7-12H2,1-4H3. The normalized spacial score (nSPS) is 16.8. The van der Waals surface area contributed by atoms with E-state index in [0.29, 0.717) is 37.4 Å². The number of amides is 1. The summed E-state index contributed by atoms with van der Waals surface area (Å²) in [5.74, 6) is 0.0197. The van der Waals surface area contributed by atoms with Crippen LogP contribution in [0.5, 0.6) is 0 Å². The van der Waals surface area contributed by atoms with Crippen molar-refractivity contribution in [3.63, 3.8) is 0 Å². The first-order chi connectivity index (χ1) is 11.8. The van der Waals surface area contributed by atoms with Crippen LogP contribution in [-0.2, 0) is 14.8 Å². The van der Waals surface area contributed by atoms with Gasteiger partial charge >= 0.3 is 0 Å². The van der Waals surface area contributed by atoms with E-state index in [1.165, 1.54) is 4.31 Å². The number of benzene rings is 1. The minimum atomic E-state index is -3.49. The fourth-order valence-electron chi connectivity index (χ4n) is 3.27. The van der Waals surface area contributed by atoms with Crippen LogP contribution in [0.3, 0.4) is 0 Å². The molecular formula is C18H29N3O3S. The number of nitrogens with one attached hydrogen (secondary N) is 1. The van der Waals surface area contributed by atoms with Crippen LogP contribution in [0.1, 0.15) is 24.0 Å². The second-order valence-electron chi connectivity index (χ2n) is 6.81. The molecule has 7 heteroatoms.